The summed E-state index contributed by atoms with van der Waals surface area (Å²) >= 11 is 0. The summed E-state index contributed by atoms with van der Waals surface area (Å²) in [6, 6.07) is 11.2. The first-order valence-corrected chi connectivity index (χ1v) is 11.8. The van der Waals surface area contributed by atoms with Crippen LogP contribution in [-0.4, -0.2) is 28.1 Å². The van der Waals surface area contributed by atoms with E-state index in [0.717, 1.165) is 35.8 Å². The highest BCUT2D eigenvalue weighted by Crippen LogP contribution is 2.33. The molecule has 2 unspecified atom stereocenters. The Morgan fingerprint density at radius 1 is 1.15 bits per heavy atom. The lowest BCUT2D eigenvalue weighted by Crippen LogP contribution is -2.48. The second-order valence-electron chi connectivity index (χ2n) is 9.07. The molecule has 1 saturated carbocycles. The van der Waals surface area contributed by atoms with Gasteiger partial charge in [-0.2, -0.15) is 0 Å². The first kappa shape index (κ1) is 21.5. The number of anilines is 1. The molecule has 0 amide bonds. The first-order chi connectivity index (χ1) is 16.1. The van der Waals surface area contributed by atoms with Crippen molar-refractivity contribution in [1.82, 2.24) is 20.5 Å². The number of pyridine rings is 1. The summed E-state index contributed by atoms with van der Waals surface area (Å²) in [6.45, 7) is 4.98. The lowest BCUT2D eigenvalue weighted by molar-refractivity contribution is 0.262. The zero-order valence-electron chi connectivity index (χ0n) is 19.2. The summed E-state index contributed by atoms with van der Waals surface area (Å²) in [7, 11) is 0. The number of halogens is 1. The summed E-state index contributed by atoms with van der Waals surface area (Å²) in [5.41, 5.74) is 3.80. The fraction of sp³-hybridized carbons (Fsp3) is 0.385. The lowest BCUT2D eigenvalue weighted by atomic mass is 10.0. The molecule has 3 aliphatic rings. The Bertz CT molecular complexity index is 1090. The zero-order chi connectivity index (χ0) is 22.8. The number of nitrogens with zero attached hydrogens (tertiary/aromatic N) is 3. The van der Waals surface area contributed by atoms with Gasteiger partial charge in [0.2, 0.25) is 0 Å². The molecule has 1 aliphatic carbocycles. The molecule has 1 aromatic heterocycles. The van der Waals surface area contributed by atoms with Crippen LogP contribution in [0, 0.1) is 11.7 Å². The van der Waals surface area contributed by atoms with E-state index < -0.39 is 0 Å². The molecule has 3 heterocycles. The molecule has 3 N–H and O–H groups in total. The second kappa shape index (κ2) is 9.25. The van der Waals surface area contributed by atoms with E-state index in [1.54, 1.807) is 18.3 Å². The van der Waals surface area contributed by atoms with E-state index in [4.69, 9.17) is 4.99 Å². The number of para-hydroxylation sites is 1. The summed E-state index contributed by atoms with van der Waals surface area (Å²) < 4.78 is 14.4. The van der Waals surface area contributed by atoms with Crippen molar-refractivity contribution in [3.05, 3.63) is 83.3 Å². The average molecular weight is 447 g/mol. The molecule has 1 saturated heterocycles. The number of rotatable bonds is 6. The number of aromatic nitrogens is 1. The zero-order valence-corrected chi connectivity index (χ0v) is 19.2. The van der Waals surface area contributed by atoms with Crippen molar-refractivity contribution >= 4 is 11.5 Å². The molecular weight excluding hydrogens is 415 g/mol. The number of benzene rings is 1. The predicted octanol–water partition coefficient (Wildman–Crippen LogP) is 4.72. The fourth-order valence-electron chi connectivity index (χ4n) is 4.83. The van der Waals surface area contributed by atoms with Crippen LogP contribution < -0.4 is 16.0 Å². The third kappa shape index (κ3) is 4.45. The van der Waals surface area contributed by atoms with E-state index in [-0.39, 0.29) is 18.0 Å². The maximum atomic E-state index is 14.4. The van der Waals surface area contributed by atoms with Gasteiger partial charge in [-0.3, -0.25) is 4.98 Å². The number of hydrogen-bond acceptors (Lipinski definition) is 6. The van der Waals surface area contributed by atoms with Crippen LogP contribution in [0.15, 0.2) is 77.0 Å². The molecule has 6 nitrogen and oxygen atoms in total. The van der Waals surface area contributed by atoms with Crippen molar-refractivity contribution in [2.75, 3.05) is 5.32 Å². The van der Waals surface area contributed by atoms with Crippen molar-refractivity contribution in [2.24, 2.45) is 10.9 Å². The topological polar surface area (TPSA) is 64.6 Å². The molecule has 2 aliphatic heterocycles. The van der Waals surface area contributed by atoms with Gasteiger partial charge in [-0.25, -0.2) is 9.38 Å². The van der Waals surface area contributed by atoms with Gasteiger partial charge in [-0.1, -0.05) is 44.0 Å². The highest BCUT2D eigenvalue weighted by Gasteiger charge is 2.40. The number of amidine groups is 1. The molecule has 2 aromatic rings. The maximum absolute atomic E-state index is 14.4. The second-order valence-corrected chi connectivity index (χ2v) is 9.07. The third-order valence-electron chi connectivity index (χ3n) is 6.81. The van der Waals surface area contributed by atoms with Gasteiger partial charge in [0.25, 0.3) is 0 Å². The monoisotopic (exact) mass is 446 g/mol. The van der Waals surface area contributed by atoms with Crippen molar-refractivity contribution in [3.8, 4) is 0 Å². The van der Waals surface area contributed by atoms with Gasteiger partial charge in [0.15, 0.2) is 12.1 Å². The van der Waals surface area contributed by atoms with Crippen LogP contribution in [0.4, 0.5) is 10.1 Å². The van der Waals surface area contributed by atoms with Gasteiger partial charge in [0, 0.05) is 30.9 Å². The standard InChI is InChI=1S/C26H31FN6/c1-17-14-23-25(32-24(18(17)2)29-16-19-8-7-13-28-15-19)33(20-9-3-4-10-20)26(31-23)30-22-12-6-5-11-21(22)27/h5-8,11-15,17,20,26,29-31H,3-4,9-10,16H2,1-2H3. The molecule has 0 bridgehead atoms. The van der Waals surface area contributed by atoms with Crippen LogP contribution >= 0.6 is 0 Å². The van der Waals surface area contributed by atoms with Crippen LogP contribution in [0.1, 0.15) is 45.1 Å². The molecule has 0 spiro atoms. The van der Waals surface area contributed by atoms with E-state index in [2.05, 4.69) is 51.8 Å². The number of aliphatic imine (C=N–C) groups is 1. The van der Waals surface area contributed by atoms with Gasteiger partial charge in [0.1, 0.15) is 11.6 Å². The Hall–Kier alpha value is -3.35. The van der Waals surface area contributed by atoms with Crippen LogP contribution in [0.5, 0.6) is 0 Å². The number of nitrogens with one attached hydrogen (secondary N) is 3. The Morgan fingerprint density at radius 3 is 2.73 bits per heavy atom. The largest absolute Gasteiger partial charge is 0.366 e. The number of fused-ring (bicyclic) bond motifs is 1. The smallest absolute Gasteiger partial charge is 0.177 e. The summed E-state index contributed by atoms with van der Waals surface area (Å²) in [5.74, 6) is 1.77. The Kier molecular flexibility index (Phi) is 6.03. The van der Waals surface area contributed by atoms with Crippen molar-refractivity contribution in [2.45, 2.75) is 58.4 Å². The minimum Gasteiger partial charge on any atom is -0.366 e. The highest BCUT2D eigenvalue weighted by atomic mass is 19.1. The Morgan fingerprint density at radius 2 is 1.97 bits per heavy atom. The third-order valence-corrected chi connectivity index (χ3v) is 6.81. The van der Waals surface area contributed by atoms with Gasteiger partial charge in [0.05, 0.1) is 11.4 Å². The first-order valence-electron chi connectivity index (χ1n) is 11.8. The summed E-state index contributed by atoms with van der Waals surface area (Å²) in [4.78, 5) is 11.7. The lowest BCUT2D eigenvalue weighted by Gasteiger charge is -2.32. The van der Waals surface area contributed by atoms with Crippen LogP contribution in [0.25, 0.3) is 0 Å². The summed E-state index contributed by atoms with van der Waals surface area (Å²) in [5, 5.41) is 10.5. The minimum absolute atomic E-state index is 0.211. The molecule has 5 rings (SSSR count). The van der Waals surface area contributed by atoms with E-state index in [0.29, 0.717) is 18.3 Å². The molecule has 2 atom stereocenters. The Labute approximate surface area is 194 Å². The van der Waals surface area contributed by atoms with E-state index >= 15 is 0 Å². The molecular formula is C26H31FN6. The van der Waals surface area contributed by atoms with Gasteiger partial charge in [-0.15, -0.1) is 0 Å². The maximum Gasteiger partial charge on any atom is 0.177 e. The van der Waals surface area contributed by atoms with Crippen molar-refractivity contribution < 1.29 is 4.39 Å². The predicted molar refractivity (Wildman–Crippen MR) is 130 cm³/mol. The van der Waals surface area contributed by atoms with E-state index in [9.17, 15) is 4.39 Å². The van der Waals surface area contributed by atoms with E-state index in [1.807, 2.05) is 18.3 Å². The number of allylic oxidation sites excluding steroid dienone is 2. The normalized spacial score (nSPS) is 22.9. The number of hydrogen-bond donors (Lipinski definition) is 3. The van der Waals surface area contributed by atoms with Gasteiger partial charge >= 0.3 is 0 Å². The quantitative estimate of drug-likeness (QED) is 0.599. The molecule has 2 fully saturated rings. The van der Waals surface area contributed by atoms with Crippen molar-refractivity contribution in [3.63, 3.8) is 0 Å². The molecule has 0 radical (unpaired) electrons. The minimum atomic E-state index is -0.253. The van der Waals surface area contributed by atoms with Gasteiger partial charge < -0.3 is 20.9 Å². The van der Waals surface area contributed by atoms with E-state index in [1.165, 1.54) is 24.5 Å². The molecule has 33 heavy (non-hydrogen) atoms. The fourth-order valence-corrected chi connectivity index (χ4v) is 4.83. The SMILES string of the molecule is CC1=C(NCc2cccnc2)N=C2C(=CC1C)NC(Nc1ccccc1F)N2C1CCCC1. The molecule has 7 heteroatoms. The van der Waals surface area contributed by atoms with Crippen LogP contribution in [0.2, 0.25) is 0 Å². The molecule has 172 valence electrons. The summed E-state index contributed by atoms with van der Waals surface area (Å²) in [6.07, 6.45) is 10.3. The van der Waals surface area contributed by atoms with Crippen LogP contribution in [-0.2, 0) is 6.54 Å². The van der Waals surface area contributed by atoms with Crippen molar-refractivity contribution in [1.29, 1.82) is 0 Å². The molecule has 1 aromatic carbocycles. The van der Waals surface area contributed by atoms with Crippen LogP contribution in [0.3, 0.4) is 0 Å². The Balaban J connectivity index is 1.47. The highest BCUT2D eigenvalue weighted by molar-refractivity contribution is 6.01. The average Bonchev–Trinajstić information content (AvgIpc) is 3.44. The van der Waals surface area contributed by atoms with Gasteiger partial charge in [-0.05, 0) is 49.1 Å².